The molecule has 1 heterocycles. The minimum absolute atomic E-state index is 0.970. The molecule has 12 heavy (non-hydrogen) atoms. The minimum atomic E-state index is 0.970. The van der Waals surface area contributed by atoms with Crippen molar-refractivity contribution in [3.05, 3.63) is 47.9 Å². The van der Waals surface area contributed by atoms with Crippen LogP contribution in [0.2, 0.25) is 0 Å². The fourth-order valence-corrected chi connectivity index (χ4v) is 1.63. The predicted octanol–water partition coefficient (Wildman–Crippen LogP) is 2.61. The summed E-state index contributed by atoms with van der Waals surface area (Å²) in [4.78, 5) is 2.18. The van der Waals surface area contributed by atoms with Gasteiger partial charge in [-0.25, -0.2) is 0 Å². The van der Waals surface area contributed by atoms with Crippen molar-refractivity contribution in [1.29, 1.82) is 0 Å². The van der Waals surface area contributed by atoms with Gasteiger partial charge in [-0.15, -0.1) is 0 Å². The molecule has 0 N–H and O–H groups in total. The second kappa shape index (κ2) is 2.67. The number of hydrogen-bond acceptors (Lipinski definition) is 1. The Labute approximate surface area is 73.4 Å². The van der Waals surface area contributed by atoms with E-state index in [1.54, 1.807) is 0 Å². The highest BCUT2D eigenvalue weighted by Gasteiger charge is 2.14. The molecule has 2 rings (SSSR count). The summed E-state index contributed by atoms with van der Waals surface area (Å²) < 4.78 is 0. The molecule has 0 fully saturated rings. The molecule has 62 valence electrons. The molecule has 0 saturated carbocycles. The Bertz CT molecular complexity index is 305. The first-order chi connectivity index (χ1) is 5.79. The summed E-state index contributed by atoms with van der Waals surface area (Å²) in [6.45, 7) is 4.02. The lowest BCUT2D eigenvalue weighted by Gasteiger charge is -2.20. The first-order valence-electron chi connectivity index (χ1n) is 4.27. The maximum Gasteiger partial charge on any atom is 0.0438 e. The normalized spacial score (nSPS) is 21.8. The lowest BCUT2D eigenvalue weighted by Crippen LogP contribution is -2.14. The number of allylic oxidation sites excluding steroid dienone is 5. The molecule has 1 aliphatic heterocycles. The summed E-state index contributed by atoms with van der Waals surface area (Å²) in [6.07, 6.45) is 10.8. The van der Waals surface area contributed by atoms with Gasteiger partial charge in [-0.2, -0.15) is 0 Å². The number of hydrogen-bond donors (Lipinski definition) is 0. The molecule has 0 aromatic carbocycles. The average molecular weight is 159 g/mol. The van der Waals surface area contributed by atoms with Gasteiger partial charge in [0, 0.05) is 24.9 Å². The van der Waals surface area contributed by atoms with E-state index < -0.39 is 0 Å². The molecule has 2 aliphatic rings. The number of likely N-dealkylation sites (N-methyl/N-ethyl adjacent to an activating group) is 1. The van der Waals surface area contributed by atoms with Crippen LogP contribution in [0, 0.1) is 0 Å². The van der Waals surface area contributed by atoms with Crippen molar-refractivity contribution < 1.29 is 0 Å². The van der Waals surface area contributed by atoms with Crippen molar-refractivity contribution in [1.82, 2.24) is 4.90 Å². The predicted molar refractivity (Wildman–Crippen MR) is 51.4 cm³/mol. The van der Waals surface area contributed by atoms with Crippen molar-refractivity contribution in [3.8, 4) is 0 Å². The van der Waals surface area contributed by atoms with E-state index in [-0.39, 0.29) is 0 Å². The van der Waals surface area contributed by atoms with E-state index in [0.29, 0.717) is 0 Å². The van der Waals surface area contributed by atoms with Gasteiger partial charge in [-0.1, -0.05) is 24.8 Å². The van der Waals surface area contributed by atoms with E-state index >= 15 is 0 Å². The molecule has 0 radical (unpaired) electrons. The van der Waals surface area contributed by atoms with Crippen LogP contribution in [0.4, 0.5) is 0 Å². The van der Waals surface area contributed by atoms with Crippen LogP contribution in [0.25, 0.3) is 0 Å². The highest BCUT2D eigenvalue weighted by molar-refractivity contribution is 5.42. The van der Waals surface area contributed by atoms with Gasteiger partial charge in [0.15, 0.2) is 0 Å². The van der Waals surface area contributed by atoms with Gasteiger partial charge in [-0.3, -0.25) is 0 Å². The zero-order chi connectivity index (χ0) is 8.55. The Morgan fingerprint density at radius 3 is 2.83 bits per heavy atom. The van der Waals surface area contributed by atoms with Crippen molar-refractivity contribution in [3.63, 3.8) is 0 Å². The van der Waals surface area contributed by atoms with Crippen LogP contribution < -0.4 is 0 Å². The maximum atomic E-state index is 4.02. The SMILES string of the molecule is C=C1CC=CC2=C(C=CC2)N1C. The third-order valence-electron chi connectivity index (χ3n) is 2.45. The van der Waals surface area contributed by atoms with E-state index in [0.717, 1.165) is 12.8 Å². The van der Waals surface area contributed by atoms with E-state index in [2.05, 4.69) is 42.8 Å². The van der Waals surface area contributed by atoms with Crippen LogP contribution in [0.15, 0.2) is 47.9 Å². The summed E-state index contributed by atoms with van der Waals surface area (Å²) in [7, 11) is 2.08. The van der Waals surface area contributed by atoms with Crippen molar-refractivity contribution >= 4 is 0 Å². The Hall–Kier alpha value is -1.24. The molecule has 0 amide bonds. The standard InChI is InChI=1S/C11H13N/c1-9-5-3-6-10-7-4-8-11(10)12(9)2/h3-4,6,8H,1,5,7H2,2H3. The van der Waals surface area contributed by atoms with Crippen LogP contribution >= 0.6 is 0 Å². The summed E-state index contributed by atoms with van der Waals surface area (Å²) in [5.41, 5.74) is 3.90. The van der Waals surface area contributed by atoms with Crippen molar-refractivity contribution in [2.45, 2.75) is 12.8 Å². The molecule has 1 aliphatic carbocycles. The number of rotatable bonds is 0. The summed E-state index contributed by atoms with van der Waals surface area (Å²) in [6, 6.07) is 0. The summed E-state index contributed by atoms with van der Waals surface area (Å²) in [5.74, 6) is 0. The minimum Gasteiger partial charge on any atom is -0.348 e. The van der Waals surface area contributed by atoms with Crippen LogP contribution in [-0.2, 0) is 0 Å². The third-order valence-corrected chi connectivity index (χ3v) is 2.45. The van der Waals surface area contributed by atoms with Gasteiger partial charge in [0.05, 0.1) is 0 Å². The molecule has 0 bridgehead atoms. The maximum absolute atomic E-state index is 4.02. The van der Waals surface area contributed by atoms with Gasteiger partial charge < -0.3 is 4.90 Å². The highest BCUT2D eigenvalue weighted by Crippen LogP contribution is 2.28. The van der Waals surface area contributed by atoms with Gasteiger partial charge >= 0.3 is 0 Å². The fourth-order valence-electron chi connectivity index (χ4n) is 1.63. The molecule has 1 nitrogen and oxygen atoms in total. The molecular formula is C11H13N. The van der Waals surface area contributed by atoms with Crippen molar-refractivity contribution in [2.24, 2.45) is 0 Å². The molecule has 1 heteroatoms. The largest absolute Gasteiger partial charge is 0.348 e. The Morgan fingerprint density at radius 2 is 2.00 bits per heavy atom. The Morgan fingerprint density at radius 1 is 1.25 bits per heavy atom. The summed E-state index contributed by atoms with van der Waals surface area (Å²) >= 11 is 0. The van der Waals surface area contributed by atoms with Gasteiger partial charge in [0.25, 0.3) is 0 Å². The van der Waals surface area contributed by atoms with Crippen LogP contribution in [0.5, 0.6) is 0 Å². The molecule has 0 atom stereocenters. The molecular weight excluding hydrogens is 146 g/mol. The monoisotopic (exact) mass is 159 g/mol. The van der Waals surface area contributed by atoms with Crippen LogP contribution in [0.3, 0.4) is 0 Å². The highest BCUT2D eigenvalue weighted by atomic mass is 15.1. The molecule has 0 spiro atoms. The smallest absolute Gasteiger partial charge is 0.0438 e. The molecule has 0 unspecified atom stereocenters. The first kappa shape index (κ1) is 7.41. The topological polar surface area (TPSA) is 3.24 Å². The second-order valence-corrected chi connectivity index (χ2v) is 3.25. The van der Waals surface area contributed by atoms with E-state index in [4.69, 9.17) is 0 Å². The zero-order valence-corrected chi connectivity index (χ0v) is 7.38. The molecule has 0 aromatic heterocycles. The quantitative estimate of drug-likeness (QED) is 0.525. The third kappa shape index (κ3) is 1.02. The first-order valence-corrected chi connectivity index (χ1v) is 4.27. The van der Waals surface area contributed by atoms with E-state index in [9.17, 15) is 0 Å². The number of nitrogens with zero attached hydrogens (tertiary/aromatic N) is 1. The van der Waals surface area contributed by atoms with Gasteiger partial charge in [0.1, 0.15) is 0 Å². The Kier molecular flexibility index (Phi) is 1.65. The molecule has 0 saturated heterocycles. The van der Waals surface area contributed by atoms with Crippen molar-refractivity contribution in [2.75, 3.05) is 7.05 Å². The lowest BCUT2D eigenvalue weighted by molar-refractivity contribution is 0.528. The van der Waals surface area contributed by atoms with E-state index in [1.165, 1.54) is 17.0 Å². The lowest BCUT2D eigenvalue weighted by atomic mass is 10.2. The Balaban J connectivity index is 2.41. The molecule has 0 aromatic rings. The zero-order valence-electron chi connectivity index (χ0n) is 7.38. The van der Waals surface area contributed by atoms with Crippen LogP contribution in [-0.4, -0.2) is 11.9 Å². The van der Waals surface area contributed by atoms with Crippen LogP contribution in [0.1, 0.15) is 12.8 Å². The fraction of sp³-hybridized carbons (Fsp3) is 0.273. The second-order valence-electron chi connectivity index (χ2n) is 3.25. The van der Waals surface area contributed by atoms with E-state index in [1.807, 2.05) is 0 Å². The summed E-state index contributed by atoms with van der Waals surface area (Å²) in [5, 5.41) is 0. The average Bonchev–Trinajstić information content (AvgIpc) is 2.46. The van der Waals surface area contributed by atoms with Gasteiger partial charge in [0.2, 0.25) is 0 Å². The van der Waals surface area contributed by atoms with Gasteiger partial charge in [-0.05, 0) is 18.1 Å².